The predicted molar refractivity (Wildman–Crippen MR) is 92.2 cm³/mol. The van der Waals surface area contributed by atoms with E-state index < -0.39 is 17.4 Å². The van der Waals surface area contributed by atoms with E-state index in [0.29, 0.717) is 10.2 Å². The van der Waals surface area contributed by atoms with E-state index in [2.05, 4.69) is 39.0 Å². The van der Waals surface area contributed by atoms with Crippen LogP contribution < -0.4 is 0 Å². The van der Waals surface area contributed by atoms with Crippen molar-refractivity contribution < 1.29 is 0 Å². The van der Waals surface area contributed by atoms with Crippen LogP contribution in [0, 0.1) is 33.5 Å². The number of nitrogens with one attached hydrogen (secondary N) is 1. The Balaban J connectivity index is 2.32. The molecule has 4 nitrogen and oxygen atoms in total. The number of hydrogen-bond donors (Lipinski definition) is 1. The number of allylic oxidation sites excluding steroid dienone is 1. The second-order valence-electron chi connectivity index (χ2n) is 4.93. The van der Waals surface area contributed by atoms with Gasteiger partial charge in [0.2, 0.25) is 0 Å². The summed E-state index contributed by atoms with van der Waals surface area (Å²) >= 11 is 5.82. The summed E-state index contributed by atoms with van der Waals surface area (Å²) in [5.41, 5.74) is -0.935. The van der Waals surface area contributed by atoms with Crippen LogP contribution in [0.4, 0.5) is 0 Å². The molecule has 0 saturated carbocycles. The molecule has 0 aliphatic carbocycles. The minimum absolute atomic E-state index is 0.461. The molecule has 3 heterocycles. The first-order valence-corrected chi connectivity index (χ1v) is 9.23. The van der Waals surface area contributed by atoms with E-state index in [-0.39, 0.29) is 0 Å². The average Bonchev–Trinajstić information content (AvgIpc) is 3.27. The van der Waals surface area contributed by atoms with E-state index in [9.17, 15) is 10.5 Å². The number of aliphatic imine (C=N–C) groups is 1. The van der Waals surface area contributed by atoms with Crippen molar-refractivity contribution in [3.8, 4) is 12.1 Å². The zero-order valence-corrected chi connectivity index (χ0v) is 15.0. The van der Waals surface area contributed by atoms with Crippen LogP contribution in [0.2, 0.25) is 0 Å². The first-order valence-electron chi connectivity index (χ1n) is 6.62. The van der Waals surface area contributed by atoms with E-state index >= 15 is 0 Å². The van der Waals surface area contributed by atoms with Crippen LogP contribution in [-0.4, -0.2) is 26.5 Å². The molecule has 0 amide bonds. The number of rotatable bonds is 2. The molecule has 2 aromatic rings. The Morgan fingerprint density at radius 2 is 1.74 bits per heavy atom. The molecule has 2 aromatic heterocycles. The molecule has 1 N–H and O–H groups in total. The van der Waals surface area contributed by atoms with Gasteiger partial charge in [-0.25, -0.2) is 0 Å². The van der Waals surface area contributed by atoms with Gasteiger partial charge in [0.25, 0.3) is 0 Å². The van der Waals surface area contributed by atoms with Crippen molar-refractivity contribution in [2.24, 2.45) is 10.4 Å². The van der Waals surface area contributed by atoms with E-state index in [4.69, 9.17) is 5.41 Å². The van der Waals surface area contributed by atoms with Gasteiger partial charge >= 0.3 is 150 Å². The summed E-state index contributed by atoms with van der Waals surface area (Å²) in [4.78, 5) is 6.28. The molecular formula is C16H9N4S2Se. The van der Waals surface area contributed by atoms with Gasteiger partial charge in [0.1, 0.15) is 0 Å². The van der Waals surface area contributed by atoms with Crippen LogP contribution in [0.15, 0.2) is 45.6 Å². The van der Waals surface area contributed by atoms with Crippen molar-refractivity contribution in [2.45, 2.75) is 12.0 Å². The average molecular weight is 400 g/mol. The third kappa shape index (κ3) is 2.40. The summed E-state index contributed by atoms with van der Waals surface area (Å²) in [6, 6.07) is 11.4. The summed E-state index contributed by atoms with van der Waals surface area (Å²) < 4.78 is 0.540. The number of thiophene rings is 2. The van der Waals surface area contributed by atoms with Gasteiger partial charge in [-0.3, -0.25) is 0 Å². The van der Waals surface area contributed by atoms with Crippen molar-refractivity contribution in [2.75, 3.05) is 0 Å². The van der Waals surface area contributed by atoms with Gasteiger partial charge in [-0.15, -0.1) is 0 Å². The second kappa shape index (κ2) is 6.26. The molecule has 1 radical (unpaired) electrons. The van der Waals surface area contributed by atoms with Crippen molar-refractivity contribution in [3.63, 3.8) is 0 Å². The van der Waals surface area contributed by atoms with Gasteiger partial charge in [0.15, 0.2) is 0 Å². The molecule has 0 spiro atoms. The fourth-order valence-corrected chi connectivity index (χ4v) is 5.08. The van der Waals surface area contributed by atoms with E-state index in [1.54, 1.807) is 0 Å². The first-order chi connectivity index (χ1) is 11.2. The Morgan fingerprint density at radius 1 is 1.13 bits per heavy atom. The Morgan fingerprint density at radius 3 is 2.22 bits per heavy atom. The van der Waals surface area contributed by atoms with Gasteiger partial charge in [-0.05, 0) is 0 Å². The molecule has 1 aliphatic rings. The molecule has 1 aliphatic heterocycles. The second-order valence-corrected chi connectivity index (χ2v) is 7.70. The molecule has 3 rings (SSSR count). The van der Waals surface area contributed by atoms with Crippen LogP contribution in [-0.2, 0) is 0 Å². The van der Waals surface area contributed by atoms with E-state index in [1.807, 2.05) is 35.0 Å². The Bertz CT molecular complexity index is 864. The van der Waals surface area contributed by atoms with Crippen LogP contribution in [0.3, 0.4) is 0 Å². The van der Waals surface area contributed by atoms with Crippen molar-refractivity contribution in [1.29, 1.82) is 15.9 Å². The summed E-state index contributed by atoms with van der Waals surface area (Å²) in [5, 5.41) is 31.3. The quantitative estimate of drug-likeness (QED) is 0.619. The fourth-order valence-electron chi connectivity index (χ4n) is 2.76. The van der Waals surface area contributed by atoms with Gasteiger partial charge < -0.3 is 0 Å². The monoisotopic (exact) mass is 401 g/mol. The third-order valence-electron chi connectivity index (χ3n) is 3.80. The summed E-state index contributed by atoms with van der Waals surface area (Å²) in [6.07, 6.45) is 0. The molecule has 0 bridgehead atoms. The number of nitriles is 2. The first kappa shape index (κ1) is 15.9. The number of hydrogen-bond acceptors (Lipinski definition) is 6. The van der Waals surface area contributed by atoms with Crippen molar-refractivity contribution >= 4 is 49.2 Å². The van der Waals surface area contributed by atoms with Crippen molar-refractivity contribution in [1.82, 2.24) is 0 Å². The Hall–Kier alpha value is -1.98. The maximum atomic E-state index is 9.93. The van der Waals surface area contributed by atoms with Crippen molar-refractivity contribution in [3.05, 3.63) is 50.4 Å². The van der Waals surface area contributed by atoms with E-state index in [1.165, 1.54) is 22.7 Å². The third-order valence-corrected chi connectivity index (χ3v) is 6.34. The molecule has 0 saturated heterocycles. The maximum absolute atomic E-state index is 9.93. The molecule has 23 heavy (non-hydrogen) atoms. The zero-order valence-electron chi connectivity index (χ0n) is 11.7. The van der Waals surface area contributed by atoms with Gasteiger partial charge in [0.05, 0.1) is 0 Å². The van der Waals surface area contributed by atoms with Gasteiger partial charge in [0, 0.05) is 0 Å². The summed E-state index contributed by atoms with van der Waals surface area (Å²) in [6.45, 7) is 0. The van der Waals surface area contributed by atoms with Crippen LogP contribution in [0.1, 0.15) is 21.7 Å². The molecule has 0 fully saturated rings. The summed E-state index contributed by atoms with van der Waals surface area (Å²) in [7, 11) is 0. The molecule has 2 atom stereocenters. The normalized spacial score (nSPS) is 22.5. The molecule has 7 heteroatoms. The van der Waals surface area contributed by atoms with Crippen LogP contribution in [0.5, 0.6) is 0 Å². The van der Waals surface area contributed by atoms with Crippen LogP contribution in [0.25, 0.3) is 0 Å². The fraction of sp³-hybridized carbons (Fsp3) is 0.188. The summed E-state index contributed by atoms with van der Waals surface area (Å²) in [5.74, 6) is 1.85. The number of nitrogens with zero attached hydrogens (tertiary/aromatic N) is 3. The van der Waals surface area contributed by atoms with Crippen LogP contribution >= 0.6 is 22.7 Å². The molecule has 0 aromatic carbocycles. The Labute approximate surface area is 149 Å². The topological polar surface area (TPSA) is 83.8 Å². The Kier molecular flexibility index (Phi) is 4.33. The SMILES string of the molecule is N#CC1(C#N)C(c2cccs2)N=C([Se])C(=C=N)C1c1cccs1. The van der Waals surface area contributed by atoms with E-state index in [0.717, 1.165) is 9.75 Å². The minimum atomic E-state index is -1.40. The predicted octanol–water partition coefficient (Wildman–Crippen LogP) is 3.42. The molecule has 2 unspecified atom stereocenters. The molecular weight excluding hydrogens is 391 g/mol. The van der Waals surface area contributed by atoms with Gasteiger partial charge in [-0.2, -0.15) is 0 Å². The van der Waals surface area contributed by atoms with Gasteiger partial charge in [-0.1, -0.05) is 0 Å². The molecule has 111 valence electrons. The zero-order chi connectivity index (χ0) is 16.4. The standard InChI is InChI=1S/C16H9N4S2Se/c17-7-10-13(11-3-1-5-21-11)16(8-18,9-19)14(20-15(10)23)12-4-2-6-22-12/h1-6,13-14,17H.